The van der Waals surface area contributed by atoms with Crippen molar-refractivity contribution in [1.29, 1.82) is 0 Å². The van der Waals surface area contributed by atoms with Gasteiger partial charge in [0.25, 0.3) is 0 Å². The van der Waals surface area contributed by atoms with Crippen molar-refractivity contribution in [3.63, 3.8) is 0 Å². The van der Waals surface area contributed by atoms with Gasteiger partial charge in [0.2, 0.25) is 0 Å². The minimum Gasteiger partial charge on any atom is -0.493 e. The largest absolute Gasteiger partial charge is 0.534 e. The lowest BCUT2D eigenvalue weighted by atomic mass is 10.1. The SMILES string of the molecule is COC(=O)/C=C/c1ccc(OC)c(OS(=O)(=O)C(F)(F)F)c1C. The van der Waals surface area contributed by atoms with Crippen LogP contribution in [0.1, 0.15) is 11.1 Å². The normalized spacial score (nSPS) is 12.3. The van der Waals surface area contributed by atoms with Gasteiger partial charge >= 0.3 is 21.6 Å². The van der Waals surface area contributed by atoms with Crippen LogP contribution in [-0.4, -0.2) is 34.1 Å². The first-order valence-corrected chi connectivity index (χ1v) is 7.38. The van der Waals surface area contributed by atoms with Gasteiger partial charge in [-0.15, -0.1) is 0 Å². The smallest absolute Gasteiger partial charge is 0.493 e. The van der Waals surface area contributed by atoms with E-state index in [0.717, 1.165) is 20.3 Å². The van der Waals surface area contributed by atoms with Crippen molar-refractivity contribution >= 4 is 22.2 Å². The fourth-order valence-corrected chi connectivity index (χ4v) is 2.03. The van der Waals surface area contributed by atoms with Crippen LogP contribution in [0.25, 0.3) is 6.08 Å². The van der Waals surface area contributed by atoms with E-state index in [2.05, 4.69) is 8.92 Å². The summed E-state index contributed by atoms with van der Waals surface area (Å²) in [5.41, 5.74) is -5.29. The van der Waals surface area contributed by atoms with Gasteiger partial charge in [-0.25, -0.2) is 4.79 Å². The van der Waals surface area contributed by atoms with Crippen LogP contribution in [0.5, 0.6) is 11.5 Å². The highest BCUT2D eigenvalue weighted by Crippen LogP contribution is 2.37. The summed E-state index contributed by atoms with van der Waals surface area (Å²) in [5.74, 6) is -1.51. The maximum atomic E-state index is 12.5. The molecule has 23 heavy (non-hydrogen) atoms. The number of carbonyl (C=O) groups excluding carboxylic acids is 1. The lowest BCUT2D eigenvalue weighted by molar-refractivity contribution is -0.134. The highest BCUT2D eigenvalue weighted by atomic mass is 32.2. The molecule has 1 rings (SSSR count). The van der Waals surface area contributed by atoms with E-state index in [9.17, 15) is 26.4 Å². The van der Waals surface area contributed by atoms with E-state index in [4.69, 9.17) is 4.74 Å². The van der Waals surface area contributed by atoms with Crippen molar-refractivity contribution in [2.75, 3.05) is 14.2 Å². The third-order valence-electron chi connectivity index (χ3n) is 2.71. The van der Waals surface area contributed by atoms with Gasteiger partial charge in [0, 0.05) is 11.6 Å². The average molecular weight is 354 g/mol. The average Bonchev–Trinajstić information content (AvgIpc) is 2.46. The molecule has 0 saturated carbocycles. The molecule has 1 aromatic rings. The van der Waals surface area contributed by atoms with Gasteiger partial charge in [0.1, 0.15) is 0 Å². The van der Waals surface area contributed by atoms with Crippen LogP contribution >= 0.6 is 0 Å². The third-order valence-corrected chi connectivity index (χ3v) is 3.66. The van der Waals surface area contributed by atoms with Crippen LogP contribution < -0.4 is 8.92 Å². The van der Waals surface area contributed by atoms with Crippen LogP contribution in [0.4, 0.5) is 13.2 Å². The zero-order valence-electron chi connectivity index (χ0n) is 12.3. The fourth-order valence-electron chi connectivity index (χ4n) is 1.51. The number of benzene rings is 1. The molecule has 0 spiro atoms. The Kier molecular flexibility index (Phi) is 5.65. The van der Waals surface area contributed by atoms with E-state index >= 15 is 0 Å². The molecule has 0 atom stereocenters. The fraction of sp³-hybridized carbons (Fsp3) is 0.308. The Hall–Kier alpha value is -2.23. The third kappa shape index (κ3) is 4.38. The molecule has 0 radical (unpaired) electrons. The minimum atomic E-state index is -5.85. The molecule has 0 aromatic heterocycles. The van der Waals surface area contributed by atoms with Gasteiger partial charge in [0.05, 0.1) is 14.2 Å². The summed E-state index contributed by atoms with van der Waals surface area (Å²) in [5, 5.41) is 0. The summed E-state index contributed by atoms with van der Waals surface area (Å²) in [6.07, 6.45) is 2.27. The maximum absolute atomic E-state index is 12.5. The Labute approximate surface area is 130 Å². The number of alkyl halides is 3. The Bertz CT molecular complexity index is 722. The number of ether oxygens (including phenoxy) is 2. The molecule has 0 heterocycles. The van der Waals surface area contributed by atoms with Gasteiger partial charge in [-0.05, 0) is 24.6 Å². The first kappa shape index (κ1) is 18.8. The van der Waals surface area contributed by atoms with Crippen LogP contribution in [0.3, 0.4) is 0 Å². The van der Waals surface area contributed by atoms with Gasteiger partial charge in [-0.1, -0.05) is 6.07 Å². The van der Waals surface area contributed by atoms with Crippen molar-refractivity contribution in [1.82, 2.24) is 0 Å². The van der Waals surface area contributed by atoms with E-state index in [0.29, 0.717) is 0 Å². The van der Waals surface area contributed by atoms with E-state index in [1.54, 1.807) is 0 Å². The molecule has 128 valence electrons. The van der Waals surface area contributed by atoms with Crippen molar-refractivity contribution in [2.45, 2.75) is 12.4 Å². The molecule has 0 aliphatic rings. The summed E-state index contributed by atoms with van der Waals surface area (Å²) in [7, 11) is -3.56. The molecule has 0 N–H and O–H groups in total. The lowest BCUT2D eigenvalue weighted by Gasteiger charge is -2.15. The quantitative estimate of drug-likeness (QED) is 0.350. The van der Waals surface area contributed by atoms with Crippen molar-refractivity contribution in [3.05, 3.63) is 29.3 Å². The molecule has 0 saturated heterocycles. The Balaban J connectivity index is 3.36. The molecule has 0 bridgehead atoms. The number of carbonyl (C=O) groups is 1. The second-order valence-corrected chi connectivity index (χ2v) is 5.69. The minimum absolute atomic E-state index is 0.0392. The van der Waals surface area contributed by atoms with Gasteiger partial charge in [-0.2, -0.15) is 21.6 Å². The van der Waals surface area contributed by atoms with Crippen LogP contribution in [-0.2, 0) is 19.6 Å². The van der Waals surface area contributed by atoms with Gasteiger partial charge < -0.3 is 13.7 Å². The van der Waals surface area contributed by atoms with E-state index in [-0.39, 0.29) is 16.9 Å². The molecular formula is C13H13F3O6S. The zero-order valence-corrected chi connectivity index (χ0v) is 13.1. The van der Waals surface area contributed by atoms with E-state index in [1.165, 1.54) is 25.1 Å². The van der Waals surface area contributed by atoms with Crippen molar-refractivity contribution < 1.29 is 40.0 Å². The number of halogens is 3. The monoisotopic (exact) mass is 354 g/mol. The highest BCUT2D eigenvalue weighted by molar-refractivity contribution is 7.88. The number of esters is 1. The van der Waals surface area contributed by atoms with Gasteiger partial charge in [-0.3, -0.25) is 0 Å². The summed E-state index contributed by atoms with van der Waals surface area (Å²) in [6.45, 7) is 1.32. The number of methoxy groups -OCH3 is 2. The van der Waals surface area contributed by atoms with E-state index < -0.39 is 27.3 Å². The Morgan fingerprint density at radius 2 is 1.83 bits per heavy atom. The molecule has 0 amide bonds. The standard InChI is InChI=1S/C13H13F3O6S/c1-8-9(5-7-11(17)21-3)4-6-10(20-2)12(8)22-23(18,19)13(14,15)16/h4-7H,1-3H3/b7-5+. The molecule has 10 heteroatoms. The number of rotatable bonds is 5. The van der Waals surface area contributed by atoms with Crippen LogP contribution in [0.15, 0.2) is 18.2 Å². The summed E-state index contributed by atoms with van der Waals surface area (Å²) < 4.78 is 73.1. The summed E-state index contributed by atoms with van der Waals surface area (Å²) in [4.78, 5) is 11.1. The molecule has 6 nitrogen and oxygen atoms in total. The molecule has 0 aliphatic carbocycles. The molecule has 0 fully saturated rings. The Morgan fingerprint density at radius 3 is 2.30 bits per heavy atom. The highest BCUT2D eigenvalue weighted by Gasteiger charge is 2.49. The lowest BCUT2D eigenvalue weighted by Crippen LogP contribution is -2.28. The first-order chi connectivity index (χ1) is 10.5. The van der Waals surface area contributed by atoms with Crippen LogP contribution in [0, 0.1) is 6.92 Å². The number of hydrogen-bond acceptors (Lipinski definition) is 6. The Morgan fingerprint density at radius 1 is 1.22 bits per heavy atom. The van der Waals surface area contributed by atoms with E-state index in [1.807, 2.05) is 0 Å². The first-order valence-electron chi connectivity index (χ1n) is 5.98. The zero-order chi connectivity index (χ0) is 17.8. The molecule has 0 aliphatic heterocycles. The second-order valence-electron chi connectivity index (χ2n) is 4.15. The van der Waals surface area contributed by atoms with Gasteiger partial charge in [0.15, 0.2) is 11.5 Å². The molecule has 0 unspecified atom stereocenters. The van der Waals surface area contributed by atoms with Crippen molar-refractivity contribution in [2.24, 2.45) is 0 Å². The topological polar surface area (TPSA) is 78.9 Å². The maximum Gasteiger partial charge on any atom is 0.534 e. The summed E-state index contributed by atoms with van der Waals surface area (Å²) >= 11 is 0. The van der Waals surface area contributed by atoms with Crippen LogP contribution in [0.2, 0.25) is 0 Å². The molecular weight excluding hydrogens is 341 g/mol. The molecule has 1 aromatic carbocycles. The number of hydrogen-bond donors (Lipinski definition) is 0. The van der Waals surface area contributed by atoms with Crippen molar-refractivity contribution in [3.8, 4) is 11.5 Å². The second kappa shape index (κ2) is 6.90. The predicted molar refractivity (Wildman–Crippen MR) is 74.4 cm³/mol. The predicted octanol–water partition coefficient (Wildman–Crippen LogP) is 2.42. The summed E-state index contributed by atoms with van der Waals surface area (Å²) in [6, 6.07) is 2.63.